The van der Waals surface area contributed by atoms with Gasteiger partial charge in [-0.05, 0) is 43.5 Å². The molecule has 0 aliphatic carbocycles. The monoisotopic (exact) mass is 345 g/mol. The Bertz CT molecular complexity index is 680. The summed E-state index contributed by atoms with van der Waals surface area (Å²) in [7, 11) is 0. The number of rotatable bonds is 6. The minimum absolute atomic E-state index is 0.0366. The lowest BCUT2D eigenvalue weighted by Gasteiger charge is -2.09. The summed E-state index contributed by atoms with van der Waals surface area (Å²) in [6, 6.07) is 6.80. The Morgan fingerprint density at radius 2 is 2.08 bits per heavy atom. The van der Waals surface area contributed by atoms with E-state index in [1.807, 2.05) is 0 Å². The minimum atomic E-state index is -0.221. The number of aromatic nitrogens is 1. The topological polar surface area (TPSA) is 80.3 Å². The second kappa shape index (κ2) is 8.03. The van der Waals surface area contributed by atoms with Crippen molar-refractivity contribution in [3.8, 4) is 0 Å². The molecule has 2 N–H and O–H groups in total. The fraction of sp³-hybridized carbons (Fsp3) is 0.353. The maximum absolute atomic E-state index is 12.0. The highest BCUT2D eigenvalue weighted by molar-refractivity contribution is 7.13. The quantitative estimate of drug-likeness (QED) is 0.842. The van der Waals surface area contributed by atoms with E-state index in [9.17, 15) is 9.59 Å². The van der Waals surface area contributed by atoms with Gasteiger partial charge in [-0.2, -0.15) is 0 Å². The number of nitrogens with zero attached hydrogens (tertiary/aromatic N) is 1. The Labute approximate surface area is 144 Å². The number of carbonyl (C=O) groups excluding carboxylic acids is 2. The van der Waals surface area contributed by atoms with Gasteiger partial charge in [0.1, 0.15) is 0 Å². The molecule has 126 valence electrons. The minimum Gasteiger partial charge on any atom is -0.378 e. The van der Waals surface area contributed by atoms with Crippen molar-refractivity contribution in [1.82, 2.24) is 4.98 Å². The van der Waals surface area contributed by atoms with Crippen LogP contribution in [0.15, 0.2) is 35.8 Å². The molecule has 2 aromatic rings. The average molecular weight is 345 g/mol. The maximum Gasteiger partial charge on any atom is 0.257 e. The van der Waals surface area contributed by atoms with Crippen molar-refractivity contribution in [3.05, 3.63) is 41.4 Å². The first-order chi connectivity index (χ1) is 11.7. The zero-order chi connectivity index (χ0) is 16.8. The summed E-state index contributed by atoms with van der Waals surface area (Å²) in [5.74, 6) is -0.258. The number of nitrogens with one attached hydrogen (secondary N) is 2. The molecular weight excluding hydrogens is 326 g/mol. The smallest absolute Gasteiger partial charge is 0.257 e. The van der Waals surface area contributed by atoms with Crippen LogP contribution in [0.2, 0.25) is 0 Å². The van der Waals surface area contributed by atoms with Gasteiger partial charge < -0.3 is 10.1 Å². The number of thiazole rings is 1. The number of ether oxygens (including phenoxy) is 1. The van der Waals surface area contributed by atoms with Gasteiger partial charge in [0.05, 0.1) is 6.10 Å². The van der Waals surface area contributed by atoms with Gasteiger partial charge in [0.25, 0.3) is 5.91 Å². The Morgan fingerprint density at radius 1 is 1.25 bits per heavy atom. The molecule has 1 aromatic heterocycles. The third kappa shape index (κ3) is 4.62. The lowest BCUT2D eigenvalue weighted by molar-refractivity contribution is -0.116. The molecule has 0 spiro atoms. The van der Waals surface area contributed by atoms with Crippen LogP contribution in [0.4, 0.5) is 10.8 Å². The normalized spacial score (nSPS) is 16.8. The average Bonchev–Trinajstić information content (AvgIpc) is 3.27. The van der Waals surface area contributed by atoms with Gasteiger partial charge in [-0.15, -0.1) is 11.3 Å². The molecule has 1 saturated heterocycles. The molecule has 1 aliphatic heterocycles. The fourth-order valence-corrected chi connectivity index (χ4v) is 3.07. The molecule has 1 aromatic carbocycles. The van der Waals surface area contributed by atoms with E-state index in [2.05, 4.69) is 15.6 Å². The first-order valence-corrected chi connectivity index (χ1v) is 8.81. The van der Waals surface area contributed by atoms with Crippen LogP contribution in [0.5, 0.6) is 0 Å². The summed E-state index contributed by atoms with van der Waals surface area (Å²) in [4.78, 5) is 28.0. The predicted molar refractivity (Wildman–Crippen MR) is 93.3 cm³/mol. The Hall–Kier alpha value is -2.25. The maximum atomic E-state index is 12.0. The Morgan fingerprint density at radius 3 is 2.75 bits per heavy atom. The van der Waals surface area contributed by atoms with Crippen LogP contribution < -0.4 is 10.6 Å². The van der Waals surface area contributed by atoms with Crippen molar-refractivity contribution < 1.29 is 14.3 Å². The van der Waals surface area contributed by atoms with E-state index in [0.717, 1.165) is 25.9 Å². The van der Waals surface area contributed by atoms with Crippen LogP contribution in [-0.2, 0) is 9.53 Å². The van der Waals surface area contributed by atoms with Crippen molar-refractivity contribution in [2.75, 3.05) is 17.2 Å². The van der Waals surface area contributed by atoms with Crippen LogP contribution in [0.1, 0.15) is 36.0 Å². The first-order valence-electron chi connectivity index (χ1n) is 7.93. The van der Waals surface area contributed by atoms with Crippen molar-refractivity contribution >= 4 is 34.0 Å². The Balaban J connectivity index is 1.48. The zero-order valence-electron chi connectivity index (χ0n) is 13.2. The van der Waals surface area contributed by atoms with E-state index in [1.54, 1.807) is 35.8 Å². The molecule has 1 fully saturated rings. The van der Waals surface area contributed by atoms with Gasteiger partial charge in [-0.3, -0.25) is 14.9 Å². The van der Waals surface area contributed by atoms with Crippen LogP contribution >= 0.6 is 11.3 Å². The van der Waals surface area contributed by atoms with Crippen molar-refractivity contribution in [3.63, 3.8) is 0 Å². The number of benzene rings is 1. The highest BCUT2D eigenvalue weighted by atomic mass is 32.1. The fourth-order valence-electron chi connectivity index (χ4n) is 2.55. The van der Waals surface area contributed by atoms with Gasteiger partial charge in [-0.1, -0.05) is 0 Å². The third-order valence-corrected chi connectivity index (χ3v) is 4.49. The van der Waals surface area contributed by atoms with Crippen molar-refractivity contribution in [2.24, 2.45) is 0 Å². The van der Waals surface area contributed by atoms with E-state index >= 15 is 0 Å². The second-order valence-corrected chi connectivity index (χ2v) is 6.49. The first kappa shape index (κ1) is 16.6. The molecule has 1 unspecified atom stereocenters. The molecule has 0 radical (unpaired) electrons. The lowest BCUT2D eigenvalue weighted by Crippen LogP contribution is -2.15. The molecule has 0 bridgehead atoms. The molecular formula is C17H19N3O3S. The lowest BCUT2D eigenvalue weighted by atomic mass is 10.1. The molecule has 24 heavy (non-hydrogen) atoms. The highest BCUT2D eigenvalue weighted by Crippen LogP contribution is 2.18. The van der Waals surface area contributed by atoms with Gasteiger partial charge in [0, 0.05) is 35.9 Å². The second-order valence-electron chi connectivity index (χ2n) is 5.59. The van der Waals surface area contributed by atoms with E-state index in [-0.39, 0.29) is 17.9 Å². The summed E-state index contributed by atoms with van der Waals surface area (Å²) in [5, 5.41) is 7.92. The van der Waals surface area contributed by atoms with Gasteiger partial charge in [0.15, 0.2) is 5.13 Å². The van der Waals surface area contributed by atoms with Crippen LogP contribution in [0.25, 0.3) is 0 Å². The third-order valence-electron chi connectivity index (χ3n) is 3.80. The molecule has 2 amide bonds. The molecule has 7 heteroatoms. The molecule has 6 nitrogen and oxygen atoms in total. The SMILES string of the molecule is O=C(CCC1CCCO1)Nc1ccc(C(=O)Nc2nccs2)cc1. The predicted octanol–water partition coefficient (Wildman–Crippen LogP) is 3.29. The number of carbonyl (C=O) groups is 2. The van der Waals surface area contributed by atoms with Crippen molar-refractivity contribution in [2.45, 2.75) is 31.8 Å². The zero-order valence-corrected chi connectivity index (χ0v) is 14.0. The van der Waals surface area contributed by atoms with Crippen LogP contribution in [0, 0.1) is 0 Å². The molecule has 1 aliphatic rings. The van der Waals surface area contributed by atoms with Gasteiger partial charge in [0.2, 0.25) is 5.91 Å². The number of hydrogen-bond acceptors (Lipinski definition) is 5. The number of amides is 2. The van der Waals surface area contributed by atoms with Gasteiger partial charge in [-0.25, -0.2) is 4.98 Å². The van der Waals surface area contributed by atoms with E-state index < -0.39 is 0 Å². The van der Waals surface area contributed by atoms with E-state index in [4.69, 9.17) is 4.74 Å². The largest absolute Gasteiger partial charge is 0.378 e. The van der Waals surface area contributed by atoms with Crippen LogP contribution in [0.3, 0.4) is 0 Å². The molecule has 2 heterocycles. The highest BCUT2D eigenvalue weighted by Gasteiger charge is 2.16. The summed E-state index contributed by atoms with van der Waals surface area (Å²) in [5.41, 5.74) is 1.20. The van der Waals surface area contributed by atoms with E-state index in [0.29, 0.717) is 22.8 Å². The van der Waals surface area contributed by atoms with Gasteiger partial charge >= 0.3 is 0 Å². The van der Waals surface area contributed by atoms with Crippen LogP contribution in [-0.4, -0.2) is 29.5 Å². The summed E-state index contributed by atoms with van der Waals surface area (Å²) < 4.78 is 5.51. The summed E-state index contributed by atoms with van der Waals surface area (Å²) in [6.45, 7) is 0.802. The molecule has 0 saturated carbocycles. The summed E-state index contributed by atoms with van der Waals surface area (Å²) in [6.07, 6.45) is 5.16. The number of anilines is 2. The van der Waals surface area contributed by atoms with E-state index in [1.165, 1.54) is 11.3 Å². The molecule has 1 atom stereocenters. The summed E-state index contributed by atoms with van der Waals surface area (Å²) >= 11 is 1.36. The standard InChI is InChI=1S/C17H19N3O3S/c21-15(8-7-14-2-1-10-23-14)19-13-5-3-12(4-6-13)16(22)20-17-18-9-11-24-17/h3-6,9,11,14H,1-2,7-8,10H2,(H,19,21)(H,18,20,22). The Kier molecular flexibility index (Phi) is 5.55. The molecule has 3 rings (SSSR count). The number of hydrogen-bond donors (Lipinski definition) is 2. The van der Waals surface area contributed by atoms with Crippen molar-refractivity contribution in [1.29, 1.82) is 0 Å².